The fourth-order valence-corrected chi connectivity index (χ4v) is 3.94. The molecule has 4 unspecified atom stereocenters. The smallest absolute Gasteiger partial charge is 0.323 e. The molecule has 106 valence electrons. The zero-order valence-corrected chi connectivity index (χ0v) is 12.5. The van der Waals surface area contributed by atoms with E-state index in [-0.39, 0.29) is 17.4 Å². The van der Waals surface area contributed by atoms with Gasteiger partial charge in [-0.2, -0.15) is 11.8 Å². The quantitative estimate of drug-likeness (QED) is 0.690. The van der Waals surface area contributed by atoms with Crippen LogP contribution < -0.4 is 5.32 Å². The summed E-state index contributed by atoms with van der Waals surface area (Å²) in [6.45, 7) is 7.72. The van der Waals surface area contributed by atoms with Crippen molar-refractivity contribution in [3.63, 3.8) is 0 Å². The molecule has 4 atom stereocenters. The summed E-state index contributed by atoms with van der Waals surface area (Å²) in [5.74, 6) is -0.746. The van der Waals surface area contributed by atoms with E-state index in [1.54, 1.807) is 18.7 Å². The molecule has 1 saturated carbocycles. The lowest BCUT2D eigenvalue weighted by molar-refractivity contribution is -0.145. The van der Waals surface area contributed by atoms with E-state index in [4.69, 9.17) is 0 Å². The molecule has 1 rings (SSSR count). The van der Waals surface area contributed by atoms with Gasteiger partial charge in [0.1, 0.15) is 5.54 Å². The number of aliphatic hydroxyl groups excluding tert-OH is 1. The van der Waals surface area contributed by atoms with E-state index < -0.39 is 11.5 Å². The van der Waals surface area contributed by atoms with Gasteiger partial charge >= 0.3 is 5.97 Å². The van der Waals surface area contributed by atoms with Crippen molar-refractivity contribution in [1.29, 1.82) is 0 Å². The number of hydrogen-bond acceptors (Lipinski definition) is 4. The molecular formula is C13H25NO3S. The molecule has 4 nitrogen and oxygen atoms in total. The highest BCUT2D eigenvalue weighted by molar-refractivity contribution is 8.00. The van der Waals surface area contributed by atoms with Crippen LogP contribution in [0.1, 0.15) is 47.0 Å². The average molecular weight is 275 g/mol. The summed E-state index contributed by atoms with van der Waals surface area (Å²) in [5, 5.41) is 22.6. The van der Waals surface area contributed by atoms with Gasteiger partial charge in [0.15, 0.2) is 0 Å². The Bertz CT molecular complexity index is 296. The highest BCUT2D eigenvalue weighted by Crippen LogP contribution is 2.39. The molecule has 5 heteroatoms. The summed E-state index contributed by atoms with van der Waals surface area (Å²) in [4.78, 5) is 11.5. The Morgan fingerprint density at radius 3 is 2.44 bits per heavy atom. The molecule has 0 aromatic rings. The first-order chi connectivity index (χ1) is 8.27. The summed E-state index contributed by atoms with van der Waals surface area (Å²) >= 11 is 1.71. The van der Waals surface area contributed by atoms with Gasteiger partial charge in [-0.1, -0.05) is 6.92 Å². The van der Waals surface area contributed by atoms with Gasteiger partial charge in [-0.3, -0.25) is 10.1 Å². The molecule has 0 saturated heterocycles. The summed E-state index contributed by atoms with van der Waals surface area (Å²) in [7, 11) is 0. The van der Waals surface area contributed by atoms with E-state index in [1.165, 1.54) is 0 Å². The van der Waals surface area contributed by atoms with Crippen LogP contribution in [0.25, 0.3) is 0 Å². The highest BCUT2D eigenvalue weighted by atomic mass is 32.2. The van der Waals surface area contributed by atoms with Gasteiger partial charge in [-0.05, 0) is 40.0 Å². The van der Waals surface area contributed by atoms with Gasteiger partial charge < -0.3 is 10.2 Å². The maximum absolute atomic E-state index is 11.5. The summed E-state index contributed by atoms with van der Waals surface area (Å²) in [6, 6.07) is 0.166. The Kier molecular flexibility index (Phi) is 5.49. The maximum Gasteiger partial charge on any atom is 0.323 e. The molecule has 0 aromatic carbocycles. The highest BCUT2D eigenvalue weighted by Gasteiger charge is 2.46. The number of rotatable bonds is 6. The Balaban J connectivity index is 2.63. The summed E-state index contributed by atoms with van der Waals surface area (Å²) in [6.07, 6.45) is 1.86. The minimum atomic E-state index is -0.774. The van der Waals surface area contributed by atoms with E-state index in [1.807, 2.05) is 20.8 Å². The van der Waals surface area contributed by atoms with E-state index in [0.717, 1.165) is 6.42 Å². The molecule has 0 spiro atoms. The van der Waals surface area contributed by atoms with Crippen molar-refractivity contribution in [1.82, 2.24) is 5.32 Å². The van der Waals surface area contributed by atoms with Gasteiger partial charge in [0.05, 0.1) is 6.10 Å². The third kappa shape index (κ3) is 3.87. The number of carboxylic acid groups (broad SMARTS) is 1. The number of nitrogens with one attached hydrogen (secondary N) is 1. The first-order valence-electron chi connectivity index (χ1n) is 6.61. The average Bonchev–Trinajstić information content (AvgIpc) is 2.61. The fraction of sp³-hybridized carbons (Fsp3) is 0.923. The number of carboxylic acids is 1. The maximum atomic E-state index is 11.5. The predicted octanol–water partition coefficient (Wildman–Crippen LogP) is 1.86. The van der Waals surface area contributed by atoms with Crippen LogP contribution in [0.5, 0.6) is 0 Å². The first-order valence-corrected chi connectivity index (χ1v) is 7.56. The van der Waals surface area contributed by atoms with Crippen molar-refractivity contribution < 1.29 is 15.0 Å². The number of thioether (sulfide) groups is 1. The molecular weight excluding hydrogens is 250 g/mol. The van der Waals surface area contributed by atoms with Crippen LogP contribution in [0.3, 0.4) is 0 Å². The van der Waals surface area contributed by atoms with Crippen molar-refractivity contribution in [2.45, 2.75) is 75.1 Å². The topological polar surface area (TPSA) is 69.6 Å². The zero-order valence-electron chi connectivity index (χ0n) is 11.6. The minimum absolute atomic E-state index is 0.152. The second-order valence-electron chi connectivity index (χ2n) is 5.63. The van der Waals surface area contributed by atoms with Gasteiger partial charge in [-0.25, -0.2) is 0 Å². The van der Waals surface area contributed by atoms with Crippen LogP contribution in [0.2, 0.25) is 0 Å². The van der Waals surface area contributed by atoms with Gasteiger partial charge in [0.25, 0.3) is 0 Å². The van der Waals surface area contributed by atoms with Crippen molar-refractivity contribution in [2.75, 3.05) is 0 Å². The molecule has 3 N–H and O–H groups in total. The molecule has 1 aliphatic rings. The van der Waals surface area contributed by atoms with Crippen molar-refractivity contribution in [3.05, 3.63) is 0 Å². The second-order valence-corrected chi connectivity index (χ2v) is 7.32. The largest absolute Gasteiger partial charge is 0.480 e. The SMILES string of the molecule is CC(C)NC1(C(=O)O)CCC(SC(C)C(C)O)C1. The monoisotopic (exact) mass is 275 g/mol. The van der Waals surface area contributed by atoms with Crippen molar-refractivity contribution in [3.8, 4) is 0 Å². The molecule has 1 fully saturated rings. The number of aliphatic carboxylic acids is 1. The van der Waals surface area contributed by atoms with Crippen molar-refractivity contribution >= 4 is 17.7 Å². The van der Waals surface area contributed by atoms with Crippen LogP contribution in [-0.4, -0.2) is 44.4 Å². The van der Waals surface area contributed by atoms with Crippen LogP contribution in [0.15, 0.2) is 0 Å². The van der Waals surface area contributed by atoms with E-state index in [0.29, 0.717) is 18.1 Å². The third-order valence-corrected chi connectivity index (χ3v) is 5.14. The third-order valence-electron chi connectivity index (χ3n) is 3.53. The Morgan fingerprint density at radius 1 is 1.39 bits per heavy atom. The van der Waals surface area contributed by atoms with Gasteiger partial charge in [-0.15, -0.1) is 0 Å². The molecule has 0 amide bonds. The normalized spacial score (nSPS) is 31.6. The van der Waals surface area contributed by atoms with Crippen LogP contribution in [0.4, 0.5) is 0 Å². The summed E-state index contributed by atoms with van der Waals surface area (Å²) < 4.78 is 0. The lowest BCUT2D eigenvalue weighted by Gasteiger charge is -2.29. The minimum Gasteiger partial charge on any atom is -0.480 e. The number of carbonyl (C=O) groups is 1. The van der Waals surface area contributed by atoms with E-state index >= 15 is 0 Å². The summed E-state index contributed by atoms with van der Waals surface area (Å²) in [5.41, 5.74) is -0.774. The first kappa shape index (κ1) is 15.8. The van der Waals surface area contributed by atoms with Crippen LogP contribution in [0, 0.1) is 0 Å². The van der Waals surface area contributed by atoms with Crippen molar-refractivity contribution in [2.24, 2.45) is 0 Å². The lowest BCUT2D eigenvalue weighted by atomic mass is 9.97. The lowest BCUT2D eigenvalue weighted by Crippen LogP contribution is -2.53. The molecule has 18 heavy (non-hydrogen) atoms. The molecule has 0 radical (unpaired) electrons. The van der Waals surface area contributed by atoms with Gasteiger partial charge in [0, 0.05) is 16.5 Å². The van der Waals surface area contributed by atoms with Gasteiger partial charge in [0.2, 0.25) is 0 Å². The van der Waals surface area contributed by atoms with Crippen LogP contribution >= 0.6 is 11.8 Å². The molecule has 0 aromatic heterocycles. The fourth-order valence-electron chi connectivity index (χ4n) is 2.47. The Labute approximate surface area is 114 Å². The number of hydrogen-bond donors (Lipinski definition) is 3. The molecule has 0 aliphatic heterocycles. The Hall–Kier alpha value is -0.260. The Morgan fingerprint density at radius 2 is 2.00 bits per heavy atom. The molecule has 0 bridgehead atoms. The van der Waals surface area contributed by atoms with Crippen LogP contribution in [-0.2, 0) is 4.79 Å². The second kappa shape index (κ2) is 6.26. The van der Waals surface area contributed by atoms with E-state index in [2.05, 4.69) is 5.32 Å². The molecule has 1 aliphatic carbocycles. The molecule has 0 heterocycles. The standard InChI is InChI=1S/C13H25NO3S/c1-8(2)14-13(12(16)17)6-5-11(7-13)18-10(4)9(3)15/h8-11,14-15H,5-7H2,1-4H3,(H,16,17). The predicted molar refractivity (Wildman–Crippen MR) is 75.0 cm³/mol. The van der Waals surface area contributed by atoms with E-state index in [9.17, 15) is 15.0 Å². The zero-order chi connectivity index (χ0) is 13.9. The number of aliphatic hydroxyl groups is 1.